The summed E-state index contributed by atoms with van der Waals surface area (Å²) in [6, 6.07) is 0.188. The van der Waals surface area contributed by atoms with E-state index < -0.39 is 11.9 Å². The van der Waals surface area contributed by atoms with Crippen LogP contribution >= 0.6 is 0 Å². The molecule has 2 aliphatic rings. The lowest BCUT2D eigenvalue weighted by Crippen LogP contribution is -2.53. The summed E-state index contributed by atoms with van der Waals surface area (Å²) in [4.78, 5) is 27.8. The van der Waals surface area contributed by atoms with E-state index in [2.05, 4.69) is 18.7 Å². The highest BCUT2D eigenvalue weighted by Gasteiger charge is 2.42. The van der Waals surface area contributed by atoms with E-state index >= 15 is 0 Å². The molecule has 0 aliphatic carbocycles. The van der Waals surface area contributed by atoms with Crippen molar-refractivity contribution >= 4 is 11.9 Å². The molecule has 0 aromatic rings. The van der Waals surface area contributed by atoms with Crippen molar-refractivity contribution in [3.63, 3.8) is 0 Å². The van der Waals surface area contributed by atoms with Gasteiger partial charge in [-0.1, -0.05) is 0 Å². The number of nitrogens with zero attached hydrogens (tertiary/aromatic N) is 2. The number of carboxylic acid groups (broad SMARTS) is 1. The van der Waals surface area contributed by atoms with Gasteiger partial charge in [0.25, 0.3) is 0 Å². The standard InChI is InChI=1S/C15H26N2O4/c1-9-5-6-10(2)17(9)11(3)14(18)16(4)13-8-21-7-12(13)15(19)20/h9-13H,5-8H2,1-4H3,(H,19,20). The molecule has 6 heteroatoms. The number of aliphatic carboxylic acids is 1. The van der Waals surface area contributed by atoms with Gasteiger partial charge in [0.05, 0.1) is 25.3 Å². The molecule has 0 spiro atoms. The fourth-order valence-corrected chi connectivity index (χ4v) is 3.72. The quantitative estimate of drug-likeness (QED) is 0.831. The molecule has 0 aromatic heterocycles. The number of carbonyl (C=O) groups excluding carboxylic acids is 1. The van der Waals surface area contributed by atoms with Gasteiger partial charge in [-0.05, 0) is 33.6 Å². The Hall–Kier alpha value is -1.14. The van der Waals surface area contributed by atoms with E-state index in [1.165, 1.54) is 0 Å². The zero-order valence-electron chi connectivity index (χ0n) is 13.3. The molecule has 6 nitrogen and oxygen atoms in total. The summed E-state index contributed by atoms with van der Waals surface area (Å²) in [5.41, 5.74) is 0. The van der Waals surface area contributed by atoms with Crippen LogP contribution in [0.1, 0.15) is 33.6 Å². The first-order valence-corrected chi connectivity index (χ1v) is 7.69. The van der Waals surface area contributed by atoms with E-state index in [1.807, 2.05) is 6.92 Å². The molecule has 1 amide bonds. The normalized spacial score (nSPS) is 34.9. The van der Waals surface area contributed by atoms with E-state index in [0.29, 0.717) is 18.7 Å². The Morgan fingerprint density at radius 3 is 2.33 bits per heavy atom. The zero-order valence-corrected chi connectivity index (χ0v) is 13.3. The van der Waals surface area contributed by atoms with Gasteiger partial charge in [0.1, 0.15) is 5.92 Å². The SMILES string of the molecule is CC1CCC(C)N1C(C)C(=O)N(C)C1COCC1C(=O)O. The fourth-order valence-electron chi connectivity index (χ4n) is 3.72. The number of hydrogen-bond donors (Lipinski definition) is 1. The Balaban J connectivity index is 2.06. The molecule has 0 bridgehead atoms. The molecule has 0 saturated carbocycles. The first-order valence-electron chi connectivity index (χ1n) is 7.69. The number of hydrogen-bond acceptors (Lipinski definition) is 4. The largest absolute Gasteiger partial charge is 0.481 e. The average molecular weight is 298 g/mol. The molecule has 5 atom stereocenters. The van der Waals surface area contributed by atoms with Crippen molar-refractivity contribution in [2.24, 2.45) is 5.92 Å². The van der Waals surface area contributed by atoms with Crippen LogP contribution in [-0.4, -0.2) is 71.2 Å². The van der Waals surface area contributed by atoms with Crippen LogP contribution in [0.2, 0.25) is 0 Å². The molecule has 2 saturated heterocycles. The zero-order chi connectivity index (χ0) is 15.7. The van der Waals surface area contributed by atoms with Crippen molar-refractivity contribution in [1.82, 2.24) is 9.80 Å². The minimum atomic E-state index is -0.896. The van der Waals surface area contributed by atoms with Gasteiger partial charge in [-0.15, -0.1) is 0 Å². The van der Waals surface area contributed by atoms with Crippen LogP contribution in [-0.2, 0) is 14.3 Å². The van der Waals surface area contributed by atoms with Crippen molar-refractivity contribution in [3.05, 3.63) is 0 Å². The van der Waals surface area contributed by atoms with Crippen LogP contribution in [0.25, 0.3) is 0 Å². The summed E-state index contributed by atoms with van der Waals surface area (Å²) in [7, 11) is 1.69. The number of carboxylic acids is 1. The lowest BCUT2D eigenvalue weighted by Gasteiger charge is -2.36. The monoisotopic (exact) mass is 298 g/mol. The lowest BCUT2D eigenvalue weighted by molar-refractivity contribution is -0.146. The molecule has 2 heterocycles. The third-order valence-corrected chi connectivity index (χ3v) is 5.04. The second-order valence-corrected chi connectivity index (χ2v) is 6.40. The van der Waals surface area contributed by atoms with Crippen LogP contribution in [0.3, 0.4) is 0 Å². The van der Waals surface area contributed by atoms with Crippen molar-refractivity contribution < 1.29 is 19.4 Å². The molecular formula is C15H26N2O4. The summed E-state index contributed by atoms with van der Waals surface area (Å²) >= 11 is 0. The van der Waals surface area contributed by atoms with Gasteiger partial charge >= 0.3 is 5.97 Å². The smallest absolute Gasteiger partial charge is 0.311 e. The first kappa shape index (κ1) is 16.2. The minimum Gasteiger partial charge on any atom is -0.481 e. The number of likely N-dealkylation sites (tertiary alicyclic amines) is 1. The van der Waals surface area contributed by atoms with Crippen LogP contribution in [0, 0.1) is 5.92 Å². The molecule has 5 unspecified atom stereocenters. The second kappa shape index (κ2) is 6.32. The van der Waals surface area contributed by atoms with E-state index in [1.54, 1.807) is 11.9 Å². The maximum atomic E-state index is 12.7. The first-order chi connectivity index (χ1) is 9.84. The molecule has 2 aliphatic heterocycles. The average Bonchev–Trinajstić information content (AvgIpc) is 3.03. The van der Waals surface area contributed by atoms with Gasteiger partial charge in [0, 0.05) is 19.1 Å². The van der Waals surface area contributed by atoms with Crippen molar-refractivity contribution in [2.45, 2.75) is 57.8 Å². The summed E-state index contributed by atoms with van der Waals surface area (Å²) < 4.78 is 5.26. The van der Waals surface area contributed by atoms with E-state index in [4.69, 9.17) is 4.74 Å². The van der Waals surface area contributed by atoms with E-state index in [0.717, 1.165) is 12.8 Å². The van der Waals surface area contributed by atoms with Crippen molar-refractivity contribution in [3.8, 4) is 0 Å². The minimum absolute atomic E-state index is 0.0163. The molecule has 0 radical (unpaired) electrons. The molecular weight excluding hydrogens is 272 g/mol. The van der Waals surface area contributed by atoms with Gasteiger partial charge in [-0.2, -0.15) is 0 Å². The Bertz CT molecular complexity index is 404. The number of amides is 1. The maximum Gasteiger partial charge on any atom is 0.311 e. The third kappa shape index (κ3) is 3.06. The van der Waals surface area contributed by atoms with Gasteiger partial charge in [-0.25, -0.2) is 0 Å². The highest BCUT2D eigenvalue weighted by atomic mass is 16.5. The molecule has 1 N–H and O–H groups in total. The maximum absolute atomic E-state index is 12.7. The Morgan fingerprint density at radius 2 is 1.81 bits per heavy atom. The number of ether oxygens (including phenoxy) is 1. The predicted molar refractivity (Wildman–Crippen MR) is 78.0 cm³/mol. The summed E-state index contributed by atoms with van der Waals surface area (Å²) in [5, 5.41) is 9.22. The highest BCUT2D eigenvalue weighted by Crippen LogP contribution is 2.27. The van der Waals surface area contributed by atoms with Crippen LogP contribution in [0.5, 0.6) is 0 Å². The third-order valence-electron chi connectivity index (χ3n) is 5.04. The van der Waals surface area contributed by atoms with Gasteiger partial charge in [0.15, 0.2) is 0 Å². The molecule has 120 valence electrons. The Kier molecular flexibility index (Phi) is 4.88. The predicted octanol–water partition coefficient (Wildman–Crippen LogP) is 0.806. The second-order valence-electron chi connectivity index (χ2n) is 6.40. The van der Waals surface area contributed by atoms with Gasteiger partial charge in [0.2, 0.25) is 5.91 Å². The number of carbonyl (C=O) groups is 2. The van der Waals surface area contributed by atoms with Gasteiger partial charge in [-0.3, -0.25) is 14.5 Å². The summed E-state index contributed by atoms with van der Waals surface area (Å²) in [6.07, 6.45) is 2.21. The van der Waals surface area contributed by atoms with Crippen molar-refractivity contribution in [1.29, 1.82) is 0 Å². The highest BCUT2D eigenvalue weighted by molar-refractivity contribution is 5.82. The van der Waals surface area contributed by atoms with Crippen molar-refractivity contribution in [2.75, 3.05) is 20.3 Å². The molecule has 2 fully saturated rings. The van der Waals surface area contributed by atoms with E-state index in [-0.39, 0.29) is 24.6 Å². The number of rotatable bonds is 4. The Labute approximate surface area is 126 Å². The molecule has 0 aromatic carbocycles. The van der Waals surface area contributed by atoms with Crippen LogP contribution < -0.4 is 0 Å². The van der Waals surface area contributed by atoms with Gasteiger partial charge < -0.3 is 14.7 Å². The number of likely N-dealkylation sites (N-methyl/N-ethyl adjacent to an activating group) is 1. The lowest BCUT2D eigenvalue weighted by atomic mass is 10.0. The Morgan fingerprint density at radius 1 is 1.24 bits per heavy atom. The topological polar surface area (TPSA) is 70.1 Å². The summed E-state index contributed by atoms with van der Waals surface area (Å²) in [5.74, 6) is -1.54. The van der Waals surface area contributed by atoms with E-state index in [9.17, 15) is 14.7 Å². The molecule has 21 heavy (non-hydrogen) atoms. The summed E-state index contributed by atoms with van der Waals surface area (Å²) in [6.45, 7) is 6.69. The fraction of sp³-hybridized carbons (Fsp3) is 0.867. The van der Waals surface area contributed by atoms with Crippen LogP contribution in [0.4, 0.5) is 0 Å². The molecule has 2 rings (SSSR count). The van der Waals surface area contributed by atoms with Crippen LogP contribution in [0.15, 0.2) is 0 Å².